The molecule has 1 saturated heterocycles. The number of sulfonamides is 1. The molecule has 1 aliphatic heterocycles. The van der Waals surface area contributed by atoms with Crippen molar-refractivity contribution in [1.29, 1.82) is 0 Å². The summed E-state index contributed by atoms with van der Waals surface area (Å²) >= 11 is 0. The molecular weight excluding hydrogens is 390 g/mol. The van der Waals surface area contributed by atoms with E-state index in [1.54, 1.807) is 32.9 Å². The Morgan fingerprint density at radius 1 is 1.30 bits per heavy atom. The normalized spacial score (nSPS) is 16.8. The van der Waals surface area contributed by atoms with Crippen LogP contribution in [0.5, 0.6) is 5.75 Å². The van der Waals surface area contributed by atoms with E-state index in [1.807, 2.05) is 0 Å². The molecule has 1 aromatic carbocycles. The lowest BCUT2D eigenvalue weighted by Gasteiger charge is -2.21. The Hall–Kier alpha value is -1.35. The molecule has 0 aromatic heterocycles. The lowest BCUT2D eigenvalue weighted by atomic mass is 10.1. The third kappa shape index (κ3) is 6.07. The topological polar surface area (TPSA) is 87.7 Å². The van der Waals surface area contributed by atoms with Crippen LogP contribution in [0, 0.1) is 0 Å². The molecule has 154 valence electrons. The summed E-state index contributed by atoms with van der Waals surface area (Å²) in [6.45, 7) is 7.43. The molecule has 27 heavy (non-hydrogen) atoms. The van der Waals surface area contributed by atoms with Crippen LogP contribution in [-0.4, -0.2) is 50.9 Å². The molecule has 2 rings (SSSR count). The molecule has 1 amide bonds. The average molecular weight is 420 g/mol. The van der Waals surface area contributed by atoms with Crippen molar-refractivity contribution in [2.24, 2.45) is 0 Å². The van der Waals surface area contributed by atoms with E-state index >= 15 is 0 Å². The van der Waals surface area contributed by atoms with E-state index in [1.165, 1.54) is 10.4 Å². The molecule has 1 fully saturated rings. The molecule has 1 heterocycles. The van der Waals surface area contributed by atoms with Crippen molar-refractivity contribution in [2.75, 3.05) is 31.6 Å². The van der Waals surface area contributed by atoms with Crippen molar-refractivity contribution in [2.45, 2.75) is 51.0 Å². The summed E-state index contributed by atoms with van der Waals surface area (Å²) in [6.07, 6.45) is 2.44. The smallest absolute Gasteiger partial charge is 0.246 e. The zero-order chi connectivity index (χ0) is 19.2. The van der Waals surface area contributed by atoms with Gasteiger partial charge in [-0.2, -0.15) is 4.31 Å². The Labute approximate surface area is 168 Å². The number of ether oxygens (including phenoxy) is 1. The highest BCUT2D eigenvalue weighted by Crippen LogP contribution is 2.30. The van der Waals surface area contributed by atoms with Crippen LogP contribution in [0.3, 0.4) is 0 Å². The third-order valence-electron chi connectivity index (χ3n) is 4.44. The summed E-state index contributed by atoms with van der Waals surface area (Å²) in [4.78, 5) is 12.3. The first kappa shape index (κ1) is 23.7. The van der Waals surface area contributed by atoms with Crippen molar-refractivity contribution < 1.29 is 17.9 Å². The molecular formula is C18H30ClN3O4S. The summed E-state index contributed by atoms with van der Waals surface area (Å²) in [5.41, 5.74) is 0.460. The van der Waals surface area contributed by atoms with Gasteiger partial charge in [-0.15, -0.1) is 12.4 Å². The second-order valence-corrected chi connectivity index (χ2v) is 8.14. The van der Waals surface area contributed by atoms with Gasteiger partial charge in [0.05, 0.1) is 6.61 Å². The largest absolute Gasteiger partial charge is 0.492 e. The lowest BCUT2D eigenvalue weighted by molar-refractivity contribution is -0.116. The first-order chi connectivity index (χ1) is 12.4. The fraction of sp³-hybridized carbons (Fsp3) is 0.611. The SMILES string of the molecule is CCOc1ccc(NC(=O)CC2CCCN2)cc1S(=O)(=O)N(CC)CC.Cl. The number of carbonyl (C=O) groups excluding carboxylic acids is 1. The predicted molar refractivity (Wildman–Crippen MR) is 109 cm³/mol. The van der Waals surface area contributed by atoms with Gasteiger partial charge in [-0.05, 0) is 44.5 Å². The monoisotopic (exact) mass is 419 g/mol. The molecule has 0 bridgehead atoms. The summed E-state index contributed by atoms with van der Waals surface area (Å²) in [6, 6.07) is 4.95. The number of benzene rings is 1. The van der Waals surface area contributed by atoms with Crippen LogP contribution in [0.4, 0.5) is 5.69 Å². The van der Waals surface area contributed by atoms with E-state index in [0.29, 0.717) is 37.6 Å². The number of anilines is 1. The van der Waals surface area contributed by atoms with Crippen LogP contribution in [0.1, 0.15) is 40.0 Å². The highest BCUT2D eigenvalue weighted by Gasteiger charge is 2.26. The summed E-state index contributed by atoms with van der Waals surface area (Å²) in [5, 5.41) is 6.09. The molecule has 1 aliphatic rings. The zero-order valence-corrected chi connectivity index (χ0v) is 17.8. The van der Waals surface area contributed by atoms with Crippen molar-refractivity contribution >= 4 is 34.0 Å². The van der Waals surface area contributed by atoms with E-state index in [2.05, 4.69) is 10.6 Å². The van der Waals surface area contributed by atoms with Crippen LogP contribution in [0.25, 0.3) is 0 Å². The maximum atomic E-state index is 12.9. The van der Waals surface area contributed by atoms with Crippen molar-refractivity contribution in [3.8, 4) is 5.75 Å². The third-order valence-corrected chi connectivity index (χ3v) is 6.52. The van der Waals surface area contributed by atoms with E-state index in [4.69, 9.17) is 4.74 Å². The molecule has 7 nitrogen and oxygen atoms in total. The minimum Gasteiger partial charge on any atom is -0.492 e. The Kier molecular flexibility index (Phi) is 9.52. The lowest BCUT2D eigenvalue weighted by Crippen LogP contribution is -2.31. The fourth-order valence-corrected chi connectivity index (χ4v) is 4.75. The van der Waals surface area contributed by atoms with Gasteiger partial charge >= 0.3 is 0 Å². The number of amides is 1. The predicted octanol–water partition coefficient (Wildman–Crippen LogP) is 2.62. The van der Waals surface area contributed by atoms with Crippen LogP contribution in [0.15, 0.2) is 23.1 Å². The molecule has 1 aromatic rings. The average Bonchev–Trinajstić information content (AvgIpc) is 3.10. The fourth-order valence-electron chi connectivity index (χ4n) is 3.13. The van der Waals surface area contributed by atoms with Gasteiger partial charge in [0.25, 0.3) is 0 Å². The number of hydrogen-bond donors (Lipinski definition) is 2. The van der Waals surface area contributed by atoms with Gasteiger partial charge in [-0.25, -0.2) is 8.42 Å². The maximum Gasteiger partial charge on any atom is 0.246 e. The van der Waals surface area contributed by atoms with E-state index in [-0.39, 0.29) is 29.3 Å². The van der Waals surface area contributed by atoms with Crippen LogP contribution in [0.2, 0.25) is 0 Å². The van der Waals surface area contributed by atoms with Crippen molar-refractivity contribution in [3.63, 3.8) is 0 Å². The Morgan fingerprint density at radius 3 is 2.56 bits per heavy atom. The van der Waals surface area contributed by atoms with Gasteiger partial charge in [0.2, 0.25) is 15.9 Å². The number of carbonyl (C=O) groups is 1. The van der Waals surface area contributed by atoms with Crippen LogP contribution < -0.4 is 15.4 Å². The number of rotatable bonds is 9. The molecule has 0 spiro atoms. The molecule has 0 aliphatic carbocycles. The molecule has 2 N–H and O–H groups in total. The van der Waals surface area contributed by atoms with Gasteiger partial charge in [0.1, 0.15) is 10.6 Å². The molecule has 1 atom stereocenters. The van der Waals surface area contributed by atoms with Crippen molar-refractivity contribution in [1.82, 2.24) is 9.62 Å². The Bertz CT molecular complexity index is 717. The zero-order valence-electron chi connectivity index (χ0n) is 16.2. The second kappa shape index (κ2) is 10.8. The molecule has 0 radical (unpaired) electrons. The van der Waals surface area contributed by atoms with Gasteiger partial charge in [0, 0.05) is 31.2 Å². The van der Waals surface area contributed by atoms with Gasteiger partial charge in [0.15, 0.2) is 0 Å². The minimum absolute atomic E-state index is 0. The second-order valence-electron chi connectivity index (χ2n) is 6.23. The van der Waals surface area contributed by atoms with E-state index in [0.717, 1.165) is 19.4 Å². The Balaban J connectivity index is 0.00000364. The summed E-state index contributed by atoms with van der Waals surface area (Å²) in [5.74, 6) is 0.176. The highest BCUT2D eigenvalue weighted by molar-refractivity contribution is 7.89. The van der Waals surface area contributed by atoms with E-state index in [9.17, 15) is 13.2 Å². The number of nitrogens with one attached hydrogen (secondary N) is 2. The number of nitrogens with zero attached hydrogens (tertiary/aromatic N) is 1. The van der Waals surface area contributed by atoms with Gasteiger partial charge in [-0.3, -0.25) is 4.79 Å². The van der Waals surface area contributed by atoms with Crippen LogP contribution >= 0.6 is 12.4 Å². The summed E-state index contributed by atoms with van der Waals surface area (Å²) in [7, 11) is -3.69. The van der Waals surface area contributed by atoms with Crippen molar-refractivity contribution in [3.05, 3.63) is 18.2 Å². The Morgan fingerprint density at radius 2 is 2.00 bits per heavy atom. The molecule has 9 heteroatoms. The maximum absolute atomic E-state index is 12.9. The standard InChI is InChI=1S/C18H29N3O4S.ClH/c1-4-21(5-2)26(23,24)17-12-15(9-10-16(17)25-6-3)20-18(22)13-14-8-7-11-19-14;/h9-10,12,14,19H,4-8,11,13H2,1-3H3,(H,20,22);1H. The van der Waals surface area contributed by atoms with E-state index < -0.39 is 10.0 Å². The summed E-state index contributed by atoms with van der Waals surface area (Å²) < 4.78 is 32.7. The van der Waals surface area contributed by atoms with Gasteiger partial charge < -0.3 is 15.4 Å². The molecule has 1 unspecified atom stereocenters. The number of hydrogen-bond acceptors (Lipinski definition) is 5. The minimum atomic E-state index is -3.69. The quantitative estimate of drug-likeness (QED) is 0.642. The van der Waals surface area contributed by atoms with Crippen LogP contribution in [-0.2, 0) is 14.8 Å². The first-order valence-electron chi connectivity index (χ1n) is 9.22. The molecule has 0 saturated carbocycles. The first-order valence-corrected chi connectivity index (χ1v) is 10.7. The number of halogens is 1. The van der Waals surface area contributed by atoms with Gasteiger partial charge in [-0.1, -0.05) is 13.8 Å². The highest BCUT2D eigenvalue weighted by atomic mass is 35.5.